The van der Waals surface area contributed by atoms with Gasteiger partial charge in [0.05, 0.1) is 25.8 Å². The third-order valence-electron chi connectivity index (χ3n) is 3.57. The topological polar surface area (TPSA) is 71.0 Å². The van der Waals surface area contributed by atoms with Crippen LogP contribution in [0.2, 0.25) is 0 Å². The molecular formula is C17H13N3O4S. The van der Waals surface area contributed by atoms with E-state index in [-0.39, 0.29) is 6.61 Å². The number of fused-ring (bicyclic) bond motifs is 2. The van der Waals surface area contributed by atoms with Crippen LogP contribution >= 0.6 is 11.3 Å². The van der Waals surface area contributed by atoms with Crippen LogP contribution in [0.15, 0.2) is 28.8 Å². The highest BCUT2D eigenvalue weighted by Crippen LogP contribution is 2.37. The average Bonchev–Trinajstić information content (AvgIpc) is 3.30. The molecule has 4 aromatic rings. The Labute approximate surface area is 146 Å². The summed E-state index contributed by atoms with van der Waals surface area (Å²) in [5, 5.41) is 5.61. The van der Waals surface area contributed by atoms with Gasteiger partial charge in [0.15, 0.2) is 5.76 Å². The second-order valence-corrected chi connectivity index (χ2v) is 5.98. The van der Waals surface area contributed by atoms with Crippen molar-refractivity contribution in [3.63, 3.8) is 0 Å². The Balaban J connectivity index is 1.80. The molecule has 0 aliphatic rings. The molecule has 0 amide bonds. The van der Waals surface area contributed by atoms with Gasteiger partial charge in [0.1, 0.15) is 29.4 Å². The summed E-state index contributed by atoms with van der Waals surface area (Å²) in [5.74, 6) is 4.28. The third-order valence-corrected chi connectivity index (χ3v) is 4.46. The zero-order valence-corrected chi connectivity index (χ0v) is 14.3. The van der Waals surface area contributed by atoms with Gasteiger partial charge in [-0.25, -0.2) is 9.50 Å². The quantitative estimate of drug-likeness (QED) is 0.512. The van der Waals surface area contributed by atoms with E-state index in [1.165, 1.54) is 11.3 Å². The van der Waals surface area contributed by atoms with Crippen LogP contribution in [0.25, 0.3) is 27.4 Å². The van der Waals surface area contributed by atoms with Crippen molar-refractivity contribution in [3.8, 4) is 40.5 Å². The minimum absolute atomic E-state index is 0.159. The van der Waals surface area contributed by atoms with Gasteiger partial charge in [0.25, 0.3) is 5.19 Å². The molecule has 0 aliphatic carbocycles. The summed E-state index contributed by atoms with van der Waals surface area (Å²) >= 11 is 1.35. The lowest BCUT2D eigenvalue weighted by atomic mass is 10.2. The Morgan fingerprint density at radius 1 is 1.28 bits per heavy atom. The largest absolute Gasteiger partial charge is 0.496 e. The van der Waals surface area contributed by atoms with E-state index in [1.807, 2.05) is 6.07 Å². The number of nitrogens with zero attached hydrogens (tertiary/aromatic N) is 3. The number of ether oxygens (including phenoxy) is 3. The Bertz CT molecular complexity index is 1070. The highest BCUT2D eigenvalue weighted by molar-refractivity contribution is 7.18. The molecule has 0 fully saturated rings. The lowest BCUT2D eigenvalue weighted by Gasteiger charge is -2.06. The van der Waals surface area contributed by atoms with Crippen LogP contribution in [0.5, 0.6) is 16.7 Å². The van der Waals surface area contributed by atoms with Gasteiger partial charge < -0.3 is 18.6 Å². The standard InChI is InChI=1S/C17H13N3O4S/c1-4-5-23-13-6-10(21-2)7-14-11(13)8-15(24-14)12-9-20-16(18-12)25-17(19-20)22-3/h1,6-9H,5H2,2-3H3. The van der Waals surface area contributed by atoms with Gasteiger partial charge in [-0.3, -0.25) is 0 Å². The molecule has 0 saturated heterocycles. The molecule has 0 bridgehead atoms. The number of benzene rings is 1. The van der Waals surface area contributed by atoms with Gasteiger partial charge >= 0.3 is 0 Å². The molecular weight excluding hydrogens is 342 g/mol. The predicted molar refractivity (Wildman–Crippen MR) is 93.5 cm³/mol. The summed E-state index contributed by atoms with van der Waals surface area (Å²) in [5.41, 5.74) is 1.29. The van der Waals surface area contributed by atoms with E-state index in [2.05, 4.69) is 16.0 Å². The molecule has 0 atom stereocenters. The summed E-state index contributed by atoms with van der Waals surface area (Å²) in [6.07, 6.45) is 7.07. The maximum Gasteiger partial charge on any atom is 0.294 e. The molecule has 3 heterocycles. The van der Waals surface area contributed by atoms with E-state index in [0.29, 0.717) is 38.7 Å². The number of methoxy groups -OCH3 is 2. The Kier molecular flexibility index (Phi) is 3.71. The fourth-order valence-corrected chi connectivity index (χ4v) is 3.15. The summed E-state index contributed by atoms with van der Waals surface area (Å²) in [7, 11) is 3.15. The first-order valence-corrected chi connectivity index (χ1v) is 8.12. The molecule has 4 rings (SSSR count). The summed E-state index contributed by atoms with van der Waals surface area (Å²) < 4.78 is 23.6. The minimum Gasteiger partial charge on any atom is -0.496 e. The molecule has 0 aliphatic heterocycles. The first-order chi connectivity index (χ1) is 12.2. The van der Waals surface area contributed by atoms with Gasteiger partial charge in [0.2, 0.25) is 4.96 Å². The third kappa shape index (κ3) is 2.64. The molecule has 8 heteroatoms. The van der Waals surface area contributed by atoms with Crippen LogP contribution in [0.1, 0.15) is 0 Å². The molecule has 0 spiro atoms. The number of hydrogen-bond donors (Lipinski definition) is 0. The average molecular weight is 355 g/mol. The number of aromatic nitrogens is 3. The number of terminal acetylenes is 1. The molecule has 0 unspecified atom stereocenters. The maximum atomic E-state index is 5.93. The Morgan fingerprint density at radius 3 is 2.88 bits per heavy atom. The molecule has 126 valence electrons. The van der Waals surface area contributed by atoms with Crippen LogP contribution < -0.4 is 14.2 Å². The molecule has 0 N–H and O–H groups in total. The predicted octanol–water partition coefficient (Wildman–Crippen LogP) is 3.23. The van der Waals surface area contributed by atoms with E-state index in [0.717, 1.165) is 5.39 Å². The number of imidazole rings is 1. The van der Waals surface area contributed by atoms with Crippen LogP contribution in [-0.2, 0) is 0 Å². The van der Waals surface area contributed by atoms with Gasteiger partial charge in [-0.15, -0.1) is 11.5 Å². The van der Waals surface area contributed by atoms with Crippen LogP contribution in [-0.4, -0.2) is 35.4 Å². The van der Waals surface area contributed by atoms with Crippen molar-refractivity contribution >= 4 is 27.3 Å². The highest BCUT2D eigenvalue weighted by atomic mass is 32.1. The van der Waals surface area contributed by atoms with Crippen molar-refractivity contribution in [1.82, 2.24) is 14.6 Å². The SMILES string of the molecule is C#CCOc1cc(OC)cc2oc(-c3cn4nc(OC)sc4n3)cc12. The smallest absolute Gasteiger partial charge is 0.294 e. The van der Waals surface area contributed by atoms with Crippen LogP contribution in [0, 0.1) is 12.3 Å². The lowest BCUT2D eigenvalue weighted by Crippen LogP contribution is -1.94. The van der Waals surface area contributed by atoms with E-state index >= 15 is 0 Å². The first-order valence-electron chi connectivity index (χ1n) is 7.30. The van der Waals surface area contributed by atoms with E-state index in [1.54, 1.807) is 37.1 Å². The van der Waals surface area contributed by atoms with E-state index in [9.17, 15) is 0 Å². The lowest BCUT2D eigenvalue weighted by molar-refractivity contribution is 0.367. The van der Waals surface area contributed by atoms with Crippen molar-refractivity contribution in [1.29, 1.82) is 0 Å². The number of rotatable bonds is 5. The molecule has 3 aromatic heterocycles. The van der Waals surface area contributed by atoms with Gasteiger partial charge in [-0.2, -0.15) is 0 Å². The zero-order valence-electron chi connectivity index (χ0n) is 13.5. The Hall–Kier alpha value is -3.18. The van der Waals surface area contributed by atoms with Crippen molar-refractivity contribution in [3.05, 3.63) is 24.4 Å². The van der Waals surface area contributed by atoms with E-state index in [4.69, 9.17) is 25.1 Å². The van der Waals surface area contributed by atoms with Gasteiger partial charge in [-0.05, 0) is 17.4 Å². The van der Waals surface area contributed by atoms with Crippen molar-refractivity contribution in [2.24, 2.45) is 0 Å². The molecule has 0 saturated carbocycles. The highest BCUT2D eigenvalue weighted by Gasteiger charge is 2.16. The number of furan rings is 1. The Morgan fingerprint density at radius 2 is 2.16 bits per heavy atom. The molecule has 7 nitrogen and oxygen atoms in total. The molecule has 1 aromatic carbocycles. The second kappa shape index (κ2) is 6.03. The van der Waals surface area contributed by atoms with Crippen LogP contribution in [0.4, 0.5) is 0 Å². The monoisotopic (exact) mass is 355 g/mol. The van der Waals surface area contributed by atoms with Crippen molar-refractivity contribution < 1.29 is 18.6 Å². The summed E-state index contributed by atoms with van der Waals surface area (Å²) in [6.45, 7) is 0.159. The summed E-state index contributed by atoms with van der Waals surface area (Å²) in [6, 6.07) is 5.43. The fraction of sp³-hybridized carbons (Fsp3) is 0.176. The van der Waals surface area contributed by atoms with Crippen molar-refractivity contribution in [2.45, 2.75) is 0 Å². The molecule has 0 radical (unpaired) electrons. The maximum absolute atomic E-state index is 5.93. The first kappa shape index (κ1) is 15.4. The fourth-order valence-electron chi connectivity index (χ4n) is 2.45. The van der Waals surface area contributed by atoms with Gasteiger partial charge in [0, 0.05) is 12.1 Å². The zero-order chi connectivity index (χ0) is 17.4. The second-order valence-electron chi connectivity index (χ2n) is 5.07. The minimum atomic E-state index is 0.159. The van der Waals surface area contributed by atoms with E-state index < -0.39 is 0 Å². The number of hydrogen-bond acceptors (Lipinski definition) is 7. The molecule has 25 heavy (non-hydrogen) atoms. The van der Waals surface area contributed by atoms with Crippen molar-refractivity contribution in [2.75, 3.05) is 20.8 Å². The van der Waals surface area contributed by atoms with Gasteiger partial charge in [-0.1, -0.05) is 5.92 Å². The normalized spacial score (nSPS) is 10.9. The van der Waals surface area contributed by atoms with Crippen LogP contribution in [0.3, 0.4) is 0 Å². The summed E-state index contributed by atoms with van der Waals surface area (Å²) in [4.78, 5) is 5.24.